The van der Waals surface area contributed by atoms with Crippen molar-refractivity contribution >= 4 is 17.6 Å². The van der Waals surface area contributed by atoms with Crippen LogP contribution in [0.15, 0.2) is 34.3 Å². The molecular formula is C19H27F3N6O. The van der Waals surface area contributed by atoms with E-state index in [1.54, 1.807) is 0 Å². The number of rotatable bonds is 2. The molecule has 0 radical (unpaired) electrons. The molecule has 0 saturated carbocycles. The first-order chi connectivity index (χ1) is 13.5. The van der Waals surface area contributed by atoms with Crippen LogP contribution in [0, 0.1) is 5.41 Å². The van der Waals surface area contributed by atoms with Crippen molar-refractivity contribution in [3.63, 3.8) is 0 Å². The van der Waals surface area contributed by atoms with Crippen LogP contribution in [0.5, 0.6) is 5.75 Å². The lowest BCUT2D eigenvalue weighted by molar-refractivity contribution is -0.274. The molecule has 2 aliphatic heterocycles. The third-order valence-electron chi connectivity index (χ3n) is 4.90. The van der Waals surface area contributed by atoms with Crippen LogP contribution >= 0.6 is 0 Å². The summed E-state index contributed by atoms with van der Waals surface area (Å²) in [5.41, 5.74) is 6.64. The Morgan fingerprint density at radius 2 is 1.69 bits per heavy atom. The summed E-state index contributed by atoms with van der Waals surface area (Å²) in [6.07, 6.45) is -1.39. The van der Waals surface area contributed by atoms with Crippen molar-refractivity contribution in [2.24, 2.45) is 21.1 Å². The molecule has 1 aromatic rings. The number of nitrogens with two attached hydrogens (primary N) is 1. The van der Waals surface area contributed by atoms with Crippen LogP contribution < -0.4 is 21.1 Å². The minimum absolute atomic E-state index is 0.292. The molecule has 4 N–H and O–H groups in total. The molecule has 0 spiro atoms. The number of hydrogen-bond donors (Lipinski definition) is 3. The summed E-state index contributed by atoms with van der Waals surface area (Å²) < 4.78 is 40.9. The smallest absolute Gasteiger partial charge is 0.406 e. The second-order valence-corrected chi connectivity index (χ2v) is 8.24. The molecule has 0 aliphatic carbocycles. The van der Waals surface area contributed by atoms with E-state index >= 15 is 0 Å². The molecule has 3 rings (SSSR count). The first-order valence-corrected chi connectivity index (χ1v) is 9.59. The number of ether oxygens (including phenoxy) is 1. The number of benzene rings is 1. The Morgan fingerprint density at radius 3 is 2.24 bits per heavy atom. The van der Waals surface area contributed by atoms with E-state index in [9.17, 15) is 13.2 Å². The number of nitrogens with zero attached hydrogens (tertiary/aromatic N) is 3. The monoisotopic (exact) mass is 412 g/mol. The van der Waals surface area contributed by atoms with Gasteiger partial charge in [0.15, 0.2) is 0 Å². The molecule has 2 heterocycles. The molecule has 0 aromatic heterocycles. The van der Waals surface area contributed by atoms with E-state index in [2.05, 4.69) is 25.3 Å². The van der Waals surface area contributed by atoms with Crippen LogP contribution in [0.25, 0.3) is 0 Å². The van der Waals surface area contributed by atoms with E-state index in [1.807, 2.05) is 20.8 Å². The zero-order chi connectivity index (χ0) is 21.3. The molecule has 0 bridgehead atoms. The first-order valence-electron chi connectivity index (χ1n) is 9.59. The number of nitrogens with one attached hydrogen (secondary N) is 2. The standard InChI is InChI=1S/C19H27F3N6O/c1-17(2,3)18(23)26-15(25-16(27-18)28-11-5-4-6-12-28)24-13-7-9-14(10-8-13)29-19(20,21)22/h7-10H,4-6,11-12,23H2,1-3H3,(H2,24,25,26,27). The van der Waals surface area contributed by atoms with Gasteiger partial charge in [-0.2, -0.15) is 0 Å². The number of hydrogen-bond acceptors (Lipinski definition) is 7. The minimum Gasteiger partial charge on any atom is -0.406 e. The van der Waals surface area contributed by atoms with Crippen molar-refractivity contribution < 1.29 is 17.9 Å². The van der Waals surface area contributed by atoms with Crippen molar-refractivity contribution in [2.75, 3.05) is 18.4 Å². The van der Waals surface area contributed by atoms with Gasteiger partial charge in [-0.15, -0.1) is 13.2 Å². The van der Waals surface area contributed by atoms with Gasteiger partial charge >= 0.3 is 6.36 Å². The molecule has 1 unspecified atom stereocenters. The fraction of sp³-hybridized carbons (Fsp3) is 0.579. The maximum atomic E-state index is 12.3. The van der Waals surface area contributed by atoms with Crippen molar-refractivity contribution in [1.29, 1.82) is 0 Å². The van der Waals surface area contributed by atoms with Gasteiger partial charge in [0.1, 0.15) is 5.75 Å². The molecule has 1 fully saturated rings. The van der Waals surface area contributed by atoms with E-state index in [4.69, 9.17) is 10.7 Å². The Kier molecular flexibility index (Phi) is 5.66. The van der Waals surface area contributed by atoms with Gasteiger partial charge in [-0.25, -0.2) is 9.98 Å². The summed E-state index contributed by atoms with van der Waals surface area (Å²) in [5, 5.41) is 6.26. The highest BCUT2D eigenvalue weighted by Crippen LogP contribution is 2.33. The highest BCUT2D eigenvalue weighted by atomic mass is 19.4. The minimum atomic E-state index is -4.73. The van der Waals surface area contributed by atoms with Crippen LogP contribution in [0.4, 0.5) is 18.9 Å². The van der Waals surface area contributed by atoms with Gasteiger partial charge in [-0.3, -0.25) is 11.1 Å². The SMILES string of the molecule is CC(C)(C)C1(N)N=C(Nc2ccc(OC(F)(F)F)cc2)NC(N2CCCCC2)=N1. The first kappa shape index (κ1) is 21.2. The molecule has 29 heavy (non-hydrogen) atoms. The van der Waals surface area contributed by atoms with Crippen molar-refractivity contribution in [3.8, 4) is 5.75 Å². The van der Waals surface area contributed by atoms with Gasteiger partial charge in [-0.05, 0) is 43.5 Å². The Hall–Kier alpha value is -2.49. The summed E-state index contributed by atoms with van der Waals surface area (Å²) in [7, 11) is 0. The van der Waals surface area contributed by atoms with Gasteiger partial charge in [0.05, 0.1) is 0 Å². The lowest BCUT2D eigenvalue weighted by atomic mass is 9.87. The van der Waals surface area contributed by atoms with Crippen molar-refractivity contribution in [1.82, 2.24) is 10.2 Å². The number of anilines is 1. The van der Waals surface area contributed by atoms with Gasteiger partial charge in [0, 0.05) is 24.2 Å². The highest BCUT2D eigenvalue weighted by Gasteiger charge is 2.42. The molecule has 0 amide bonds. The lowest BCUT2D eigenvalue weighted by Gasteiger charge is -2.41. The number of aliphatic imine (C=N–C) groups is 2. The molecule has 7 nitrogen and oxygen atoms in total. The number of guanidine groups is 2. The lowest BCUT2D eigenvalue weighted by Crippen LogP contribution is -2.59. The predicted octanol–water partition coefficient (Wildman–Crippen LogP) is 3.46. The van der Waals surface area contributed by atoms with Gasteiger partial charge in [0.25, 0.3) is 0 Å². The third-order valence-corrected chi connectivity index (χ3v) is 4.90. The van der Waals surface area contributed by atoms with Gasteiger partial charge in [0.2, 0.25) is 17.7 Å². The fourth-order valence-electron chi connectivity index (χ4n) is 3.05. The summed E-state index contributed by atoms with van der Waals surface area (Å²) in [4.78, 5) is 11.4. The Bertz CT molecular complexity index is 779. The topological polar surface area (TPSA) is 87.3 Å². The summed E-state index contributed by atoms with van der Waals surface area (Å²) in [6.45, 7) is 7.63. The molecule has 10 heteroatoms. The average Bonchev–Trinajstić information content (AvgIpc) is 2.62. The molecule has 2 aliphatic rings. The van der Waals surface area contributed by atoms with Gasteiger partial charge < -0.3 is 15.0 Å². The summed E-state index contributed by atoms with van der Waals surface area (Å²) >= 11 is 0. The summed E-state index contributed by atoms with van der Waals surface area (Å²) in [6, 6.07) is 5.43. The fourth-order valence-corrected chi connectivity index (χ4v) is 3.05. The Labute approximate surface area is 168 Å². The van der Waals surface area contributed by atoms with E-state index in [0.29, 0.717) is 17.6 Å². The molecule has 1 aromatic carbocycles. The Morgan fingerprint density at radius 1 is 1.07 bits per heavy atom. The number of alkyl halides is 3. The second kappa shape index (κ2) is 7.74. The maximum Gasteiger partial charge on any atom is 0.573 e. The highest BCUT2D eigenvalue weighted by molar-refractivity contribution is 6.06. The normalized spacial score (nSPS) is 23.1. The maximum absolute atomic E-state index is 12.3. The number of likely N-dealkylation sites (tertiary alicyclic amines) is 1. The van der Waals surface area contributed by atoms with Crippen molar-refractivity contribution in [2.45, 2.75) is 52.2 Å². The van der Waals surface area contributed by atoms with E-state index in [0.717, 1.165) is 25.9 Å². The number of halogens is 3. The van der Waals surface area contributed by atoms with E-state index in [-0.39, 0.29) is 5.75 Å². The van der Waals surface area contributed by atoms with Crippen LogP contribution in [0.3, 0.4) is 0 Å². The van der Waals surface area contributed by atoms with Crippen LogP contribution in [-0.4, -0.2) is 42.1 Å². The summed E-state index contributed by atoms with van der Waals surface area (Å²) in [5.74, 6) is -0.439. The quantitative estimate of drug-likeness (QED) is 0.693. The zero-order valence-electron chi connectivity index (χ0n) is 16.8. The zero-order valence-corrected chi connectivity index (χ0v) is 16.8. The van der Waals surface area contributed by atoms with Crippen LogP contribution in [0.2, 0.25) is 0 Å². The van der Waals surface area contributed by atoms with Crippen LogP contribution in [0.1, 0.15) is 40.0 Å². The van der Waals surface area contributed by atoms with Crippen molar-refractivity contribution in [3.05, 3.63) is 24.3 Å². The van der Waals surface area contributed by atoms with Crippen LogP contribution in [-0.2, 0) is 0 Å². The van der Waals surface area contributed by atoms with E-state index < -0.39 is 17.6 Å². The predicted molar refractivity (Wildman–Crippen MR) is 107 cm³/mol. The second-order valence-electron chi connectivity index (χ2n) is 8.24. The largest absolute Gasteiger partial charge is 0.573 e. The molecular weight excluding hydrogens is 385 g/mol. The Balaban J connectivity index is 1.80. The number of piperidine rings is 1. The average molecular weight is 412 g/mol. The van der Waals surface area contributed by atoms with Gasteiger partial charge in [-0.1, -0.05) is 20.8 Å². The van der Waals surface area contributed by atoms with E-state index in [1.165, 1.54) is 30.7 Å². The third kappa shape index (κ3) is 5.31. The molecule has 160 valence electrons. The molecule has 1 saturated heterocycles. The molecule has 1 atom stereocenters.